The molecule has 0 amide bonds. The summed E-state index contributed by atoms with van der Waals surface area (Å²) in [5, 5.41) is 14.6. The smallest absolute Gasteiger partial charge is 0.119 e. The minimum absolute atomic E-state index is 0.282. The van der Waals surface area contributed by atoms with Gasteiger partial charge in [-0.3, -0.25) is 9.58 Å². The Kier molecular flexibility index (Phi) is 5.94. The number of rotatable bonds is 8. The molecule has 2 atom stereocenters. The molecule has 0 bridgehead atoms. The summed E-state index contributed by atoms with van der Waals surface area (Å²) in [4.78, 5) is 2.32. The van der Waals surface area contributed by atoms with Crippen LogP contribution in [0.3, 0.4) is 0 Å². The molecule has 1 fully saturated rings. The average Bonchev–Trinajstić information content (AvgIpc) is 3.23. The number of aliphatic hydroxyl groups is 1. The number of likely N-dealkylation sites (tertiary alicyclic amines) is 1. The number of aliphatic hydroxyl groups excluding tert-OH is 1. The molecule has 25 heavy (non-hydrogen) atoms. The Morgan fingerprint density at radius 2 is 1.96 bits per heavy atom. The number of aromatic nitrogens is 2. The van der Waals surface area contributed by atoms with Crippen LogP contribution >= 0.6 is 0 Å². The van der Waals surface area contributed by atoms with Gasteiger partial charge in [0.1, 0.15) is 24.2 Å². The van der Waals surface area contributed by atoms with Crippen LogP contribution in [0.5, 0.6) is 11.5 Å². The Balaban J connectivity index is 1.49. The third-order valence-corrected chi connectivity index (χ3v) is 4.50. The third-order valence-electron chi connectivity index (χ3n) is 4.50. The summed E-state index contributed by atoms with van der Waals surface area (Å²) in [5.41, 5.74) is 1.22. The lowest BCUT2D eigenvalue weighted by Crippen LogP contribution is -2.35. The van der Waals surface area contributed by atoms with Gasteiger partial charge in [0.15, 0.2) is 0 Å². The number of aryl methyl sites for hydroxylation is 1. The molecule has 1 aromatic carbocycles. The predicted octanol–water partition coefficient (Wildman–Crippen LogP) is 2.40. The highest BCUT2D eigenvalue weighted by Gasteiger charge is 2.28. The van der Waals surface area contributed by atoms with E-state index in [1.54, 1.807) is 0 Å². The van der Waals surface area contributed by atoms with Gasteiger partial charge in [-0.05, 0) is 50.6 Å². The van der Waals surface area contributed by atoms with Gasteiger partial charge in [0.2, 0.25) is 0 Å². The lowest BCUT2D eigenvalue weighted by molar-refractivity contribution is 0.0638. The second-order valence-corrected chi connectivity index (χ2v) is 6.47. The molecule has 0 spiro atoms. The maximum absolute atomic E-state index is 10.4. The quantitative estimate of drug-likeness (QED) is 0.796. The molecule has 1 aromatic heterocycles. The van der Waals surface area contributed by atoms with E-state index in [2.05, 4.69) is 16.2 Å². The molecule has 0 radical (unpaired) electrons. The van der Waals surface area contributed by atoms with Gasteiger partial charge in [-0.1, -0.05) is 0 Å². The monoisotopic (exact) mass is 345 g/mol. The average molecular weight is 345 g/mol. The molecular formula is C19H27N3O3. The van der Waals surface area contributed by atoms with E-state index in [0.29, 0.717) is 19.2 Å². The maximum Gasteiger partial charge on any atom is 0.119 e. The summed E-state index contributed by atoms with van der Waals surface area (Å²) in [7, 11) is 1.93. The molecule has 0 aliphatic carbocycles. The Labute approximate surface area is 149 Å². The minimum Gasteiger partial charge on any atom is -0.494 e. The SMILES string of the molecule is CCOc1ccc(OC[C@H](O)CN2CCC[C@@H]2c2cnn(C)c2)cc1. The molecule has 2 aromatic rings. The van der Waals surface area contributed by atoms with E-state index in [0.717, 1.165) is 30.9 Å². The molecule has 136 valence electrons. The van der Waals surface area contributed by atoms with Crippen molar-refractivity contribution >= 4 is 0 Å². The topological polar surface area (TPSA) is 59.8 Å². The molecule has 2 heterocycles. The van der Waals surface area contributed by atoms with Crippen LogP contribution in [-0.2, 0) is 7.05 Å². The van der Waals surface area contributed by atoms with Crippen LogP contribution in [-0.4, -0.2) is 52.2 Å². The van der Waals surface area contributed by atoms with Crippen molar-refractivity contribution < 1.29 is 14.6 Å². The van der Waals surface area contributed by atoms with E-state index in [-0.39, 0.29) is 6.61 Å². The molecule has 0 saturated carbocycles. The Morgan fingerprint density at radius 3 is 2.60 bits per heavy atom. The van der Waals surface area contributed by atoms with Crippen LogP contribution < -0.4 is 9.47 Å². The van der Waals surface area contributed by atoms with Gasteiger partial charge in [-0.2, -0.15) is 5.10 Å². The van der Waals surface area contributed by atoms with Crippen molar-refractivity contribution in [1.82, 2.24) is 14.7 Å². The Morgan fingerprint density at radius 1 is 1.24 bits per heavy atom. The normalized spacial score (nSPS) is 19.1. The van der Waals surface area contributed by atoms with Crippen molar-refractivity contribution in [3.8, 4) is 11.5 Å². The van der Waals surface area contributed by atoms with Gasteiger partial charge in [-0.15, -0.1) is 0 Å². The van der Waals surface area contributed by atoms with Crippen molar-refractivity contribution in [2.45, 2.75) is 31.9 Å². The van der Waals surface area contributed by atoms with Crippen LogP contribution in [0, 0.1) is 0 Å². The summed E-state index contributed by atoms with van der Waals surface area (Å²) in [5.74, 6) is 1.57. The molecule has 1 saturated heterocycles. The fourth-order valence-corrected chi connectivity index (χ4v) is 3.35. The Hall–Kier alpha value is -2.05. The minimum atomic E-state index is -0.524. The summed E-state index contributed by atoms with van der Waals surface area (Å²) in [6.45, 7) is 4.49. The summed E-state index contributed by atoms with van der Waals surface area (Å²) in [6, 6.07) is 7.83. The lowest BCUT2D eigenvalue weighted by atomic mass is 10.1. The molecule has 1 aliphatic heterocycles. The van der Waals surface area contributed by atoms with Crippen LogP contribution in [0.1, 0.15) is 31.4 Å². The fraction of sp³-hybridized carbons (Fsp3) is 0.526. The number of nitrogens with zero attached hydrogens (tertiary/aromatic N) is 3. The summed E-state index contributed by atoms with van der Waals surface area (Å²) < 4.78 is 13.0. The van der Waals surface area contributed by atoms with Crippen molar-refractivity contribution in [3.63, 3.8) is 0 Å². The van der Waals surface area contributed by atoms with Gasteiger partial charge in [0, 0.05) is 31.4 Å². The van der Waals surface area contributed by atoms with Crippen LogP contribution in [0.15, 0.2) is 36.7 Å². The zero-order valence-electron chi connectivity index (χ0n) is 15.0. The number of hydrogen-bond acceptors (Lipinski definition) is 5. The van der Waals surface area contributed by atoms with E-state index in [9.17, 15) is 5.11 Å². The standard InChI is InChI=1S/C19H27N3O3/c1-3-24-17-6-8-18(9-7-17)25-14-16(23)13-22-10-4-5-19(22)15-11-20-21(2)12-15/h6-9,11-12,16,19,23H,3-5,10,13-14H2,1-2H3/t16-,19-/m1/s1. The predicted molar refractivity (Wildman–Crippen MR) is 95.9 cm³/mol. The van der Waals surface area contributed by atoms with Crippen molar-refractivity contribution in [2.24, 2.45) is 7.05 Å². The maximum atomic E-state index is 10.4. The summed E-state index contributed by atoms with van der Waals surface area (Å²) in [6.07, 6.45) is 5.71. The highest BCUT2D eigenvalue weighted by molar-refractivity contribution is 5.31. The van der Waals surface area contributed by atoms with E-state index < -0.39 is 6.10 Å². The van der Waals surface area contributed by atoms with E-state index >= 15 is 0 Å². The lowest BCUT2D eigenvalue weighted by Gasteiger charge is -2.26. The highest BCUT2D eigenvalue weighted by atomic mass is 16.5. The highest BCUT2D eigenvalue weighted by Crippen LogP contribution is 2.31. The van der Waals surface area contributed by atoms with Crippen molar-refractivity contribution in [3.05, 3.63) is 42.2 Å². The van der Waals surface area contributed by atoms with Gasteiger partial charge >= 0.3 is 0 Å². The van der Waals surface area contributed by atoms with E-state index in [4.69, 9.17) is 9.47 Å². The van der Waals surface area contributed by atoms with Crippen molar-refractivity contribution in [1.29, 1.82) is 0 Å². The third kappa shape index (κ3) is 4.74. The number of hydrogen-bond donors (Lipinski definition) is 1. The molecule has 0 unspecified atom stereocenters. The van der Waals surface area contributed by atoms with Gasteiger partial charge in [0.05, 0.1) is 12.8 Å². The van der Waals surface area contributed by atoms with E-state index in [1.165, 1.54) is 5.56 Å². The van der Waals surface area contributed by atoms with Gasteiger partial charge in [0.25, 0.3) is 0 Å². The first-order chi connectivity index (χ1) is 12.2. The molecule has 3 rings (SSSR count). The zero-order chi connectivity index (χ0) is 17.6. The zero-order valence-corrected chi connectivity index (χ0v) is 15.0. The molecule has 6 nitrogen and oxygen atoms in total. The first-order valence-corrected chi connectivity index (χ1v) is 8.92. The van der Waals surface area contributed by atoms with Gasteiger partial charge < -0.3 is 14.6 Å². The number of β-amino-alcohol motifs (C(OH)–C–C–N with tert-alkyl or cyclic N) is 1. The second kappa shape index (κ2) is 8.36. The van der Waals surface area contributed by atoms with E-state index in [1.807, 2.05) is 49.1 Å². The number of ether oxygens (including phenoxy) is 2. The Bertz CT molecular complexity index is 656. The van der Waals surface area contributed by atoms with Crippen LogP contribution in [0.2, 0.25) is 0 Å². The largest absolute Gasteiger partial charge is 0.494 e. The first kappa shape index (κ1) is 17.8. The molecule has 6 heteroatoms. The second-order valence-electron chi connectivity index (χ2n) is 6.47. The fourth-order valence-electron chi connectivity index (χ4n) is 3.35. The summed E-state index contributed by atoms with van der Waals surface area (Å²) >= 11 is 0. The number of benzene rings is 1. The molecular weight excluding hydrogens is 318 g/mol. The molecule has 1 N–H and O–H groups in total. The molecule has 1 aliphatic rings. The first-order valence-electron chi connectivity index (χ1n) is 8.92. The van der Waals surface area contributed by atoms with Gasteiger partial charge in [-0.25, -0.2) is 0 Å². The van der Waals surface area contributed by atoms with Crippen LogP contribution in [0.25, 0.3) is 0 Å². The van der Waals surface area contributed by atoms with Crippen LogP contribution in [0.4, 0.5) is 0 Å². The van der Waals surface area contributed by atoms with Crippen molar-refractivity contribution in [2.75, 3.05) is 26.3 Å².